The van der Waals surface area contributed by atoms with Crippen molar-refractivity contribution in [2.45, 2.75) is 77.9 Å². The van der Waals surface area contributed by atoms with Crippen LogP contribution < -0.4 is 0 Å². The molecule has 0 aromatic heterocycles. The topological polar surface area (TPSA) is 32.7 Å². The van der Waals surface area contributed by atoms with E-state index in [1.165, 1.54) is 44.9 Å². The molecular weight excluding hydrogens is 274 g/mol. The number of aliphatic hydroxyl groups is 1. The van der Waals surface area contributed by atoms with Crippen molar-refractivity contribution < 1.29 is 9.84 Å². The largest absolute Gasteiger partial charge is 0.389 e. The Kier molecular flexibility index (Phi) is 7.66. The summed E-state index contributed by atoms with van der Waals surface area (Å²) in [4.78, 5) is 2.40. The SMILES string of the molecule is CC1CCC(OCC(O)CN2CCCCC2)C(C(C)C)CC1. The molecule has 1 heterocycles. The lowest BCUT2D eigenvalue weighted by Crippen LogP contribution is -2.39. The maximum absolute atomic E-state index is 10.3. The van der Waals surface area contributed by atoms with Crippen molar-refractivity contribution in [3.8, 4) is 0 Å². The number of hydrogen-bond donors (Lipinski definition) is 1. The standard InChI is InChI=1S/C19H37NO2/c1-15(2)18-9-7-16(3)8-10-19(18)22-14-17(21)13-20-11-5-4-6-12-20/h15-19,21H,4-14H2,1-3H3. The predicted octanol–water partition coefficient (Wildman–Crippen LogP) is 3.70. The fraction of sp³-hybridized carbons (Fsp3) is 1.00. The maximum Gasteiger partial charge on any atom is 0.0900 e. The Morgan fingerprint density at radius 3 is 2.41 bits per heavy atom. The molecule has 3 heteroatoms. The van der Waals surface area contributed by atoms with Gasteiger partial charge < -0.3 is 14.7 Å². The second-order valence-corrected chi connectivity index (χ2v) is 8.05. The molecule has 0 bridgehead atoms. The summed E-state index contributed by atoms with van der Waals surface area (Å²) in [6.07, 6.45) is 8.99. The van der Waals surface area contributed by atoms with E-state index >= 15 is 0 Å². The van der Waals surface area contributed by atoms with Crippen molar-refractivity contribution >= 4 is 0 Å². The zero-order valence-corrected chi connectivity index (χ0v) is 15.0. The van der Waals surface area contributed by atoms with Crippen molar-refractivity contribution in [2.75, 3.05) is 26.2 Å². The van der Waals surface area contributed by atoms with Crippen LogP contribution in [0.1, 0.15) is 65.7 Å². The lowest BCUT2D eigenvalue weighted by atomic mass is 9.86. The summed E-state index contributed by atoms with van der Waals surface area (Å²) in [7, 11) is 0. The van der Waals surface area contributed by atoms with Gasteiger partial charge in [-0.05, 0) is 62.9 Å². The third-order valence-corrected chi connectivity index (χ3v) is 5.69. The summed E-state index contributed by atoms with van der Waals surface area (Å²) in [6, 6.07) is 0. The molecule has 0 aromatic carbocycles. The highest BCUT2D eigenvalue weighted by Crippen LogP contribution is 2.33. The van der Waals surface area contributed by atoms with E-state index in [0.29, 0.717) is 24.5 Å². The lowest BCUT2D eigenvalue weighted by Gasteiger charge is -2.31. The molecule has 3 nitrogen and oxygen atoms in total. The van der Waals surface area contributed by atoms with E-state index in [4.69, 9.17) is 4.74 Å². The van der Waals surface area contributed by atoms with Crippen molar-refractivity contribution in [1.29, 1.82) is 0 Å². The van der Waals surface area contributed by atoms with Gasteiger partial charge in [0.25, 0.3) is 0 Å². The van der Waals surface area contributed by atoms with E-state index in [2.05, 4.69) is 25.7 Å². The number of likely N-dealkylation sites (tertiary alicyclic amines) is 1. The normalized spacial score (nSPS) is 32.9. The fourth-order valence-corrected chi connectivity index (χ4v) is 4.17. The lowest BCUT2D eigenvalue weighted by molar-refractivity contribution is -0.0548. The molecule has 130 valence electrons. The van der Waals surface area contributed by atoms with Crippen molar-refractivity contribution in [2.24, 2.45) is 17.8 Å². The molecule has 2 rings (SSSR count). The molecule has 2 fully saturated rings. The van der Waals surface area contributed by atoms with Gasteiger partial charge in [0, 0.05) is 6.54 Å². The molecule has 1 saturated carbocycles. The number of hydrogen-bond acceptors (Lipinski definition) is 3. The third kappa shape index (κ3) is 5.82. The maximum atomic E-state index is 10.3. The molecular formula is C19H37NO2. The molecule has 1 aliphatic carbocycles. The summed E-state index contributed by atoms with van der Waals surface area (Å²) < 4.78 is 6.21. The molecule has 0 spiro atoms. The molecule has 0 radical (unpaired) electrons. The summed E-state index contributed by atoms with van der Waals surface area (Å²) in [5.41, 5.74) is 0. The predicted molar refractivity (Wildman–Crippen MR) is 92.0 cm³/mol. The smallest absolute Gasteiger partial charge is 0.0900 e. The average molecular weight is 312 g/mol. The van der Waals surface area contributed by atoms with Gasteiger partial charge in [-0.25, -0.2) is 0 Å². The summed E-state index contributed by atoms with van der Waals surface area (Å²) >= 11 is 0. The highest BCUT2D eigenvalue weighted by atomic mass is 16.5. The van der Waals surface area contributed by atoms with Crippen LogP contribution in [-0.2, 0) is 4.74 Å². The first-order valence-corrected chi connectivity index (χ1v) is 9.58. The van der Waals surface area contributed by atoms with Gasteiger partial charge in [0.15, 0.2) is 0 Å². The first-order chi connectivity index (χ1) is 10.6. The summed E-state index contributed by atoms with van der Waals surface area (Å²) in [5, 5.41) is 10.3. The zero-order valence-electron chi connectivity index (χ0n) is 15.0. The van der Waals surface area contributed by atoms with Gasteiger partial charge in [0.1, 0.15) is 0 Å². The van der Waals surface area contributed by atoms with E-state index in [-0.39, 0.29) is 6.10 Å². The Bertz CT molecular complexity index is 302. The van der Waals surface area contributed by atoms with E-state index in [0.717, 1.165) is 25.6 Å². The van der Waals surface area contributed by atoms with E-state index < -0.39 is 0 Å². The van der Waals surface area contributed by atoms with Crippen LogP contribution in [0.15, 0.2) is 0 Å². The molecule has 2 aliphatic rings. The Morgan fingerprint density at radius 2 is 1.73 bits per heavy atom. The summed E-state index contributed by atoms with van der Waals surface area (Å²) in [6.45, 7) is 10.6. The van der Waals surface area contributed by atoms with Gasteiger partial charge in [0.2, 0.25) is 0 Å². The Morgan fingerprint density at radius 1 is 1.05 bits per heavy atom. The molecule has 1 N–H and O–H groups in total. The number of β-amino-alcohol motifs (C(OH)–C–C–N with tert-alkyl or cyclic N) is 1. The Hall–Kier alpha value is -0.120. The van der Waals surface area contributed by atoms with Crippen molar-refractivity contribution in [3.05, 3.63) is 0 Å². The molecule has 0 aromatic rings. The molecule has 0 amide bonds. The monoisotopic (exact) mass is 311 g/mol. The number of ether oxygens (including phenoxy) is 1. The van der Waals surface area contributed by atoms with Gasteiger partial charge in [-0.15, -0.1) is 0 Å². The molecule has 4 atom stereocenters. The van der Waals surface area contributed by atoms with E-state index in [9.17, 15) is 5.11 Å². The van der Waals surface area contributed by atoms with Crippen LogP contribution in [-0.4, -0.2) is 48.5 Å². The minimum atomic E-state index is -0.327. The molecule has 22 heavy (non-hydrogen) atoms. The zero-order chi connectivity index (χ0) is 15.9. The minimum absolute atomic E-state index is 0.327. The van der Waals surface area contributed by atoms with Crippen LogP contribution in [0.4, 0.5) is 0 Å². The minimum Gasteiger partial charge on any atom is -0.389 e. The Labute approximate surface area is 137 Å². The van der Waals surface area contributed by atoms with Crippen LogP contribution in [0.2, 0.25) is 0 Å². The number of aliphatic hydroxyl groups excluding tert-OH is 1. The van der Waals surface area contributed by atoms with Crippen molar-refractivity contribution in [1.82, 2.24) is 4.90 Å². The second-order valence-electron chi connectivity index (χ2n) is 8.05. The van der Waals surface area contributed by atoms with Gasteiger partial charge in [-0.1, -0.05) is 33.6 Å². The van der Waals surface area contributed by atoms with Gasteiger partial charge >= 0.3 is 0 Å². The Balaban J connectivity index is 1.76. The van der Waals surface area contributed by atoms with Gasteiger partial charge in [0.05, 0.1) is 18.8 Å². The molecule has 4 unspecified atom stereocenters. The summed E-state index contributed by atoms with van der Waals surface area (Å²) in [5.74, 6) is 2.16. The average Bonchev–Trinajstić information content (AvgIpc) is 2.68. The highest BCUT2D eigenvalue weighted by Gasteiger charge is 2.29. The third-order valence-electron chi connectivity index (χ3n) is 5.69. The molecule has 1 aliphatic heterocycles. The van der Waals surface area contributed by atoms with Crippen molar-refractivity contribution in [3.63, 3.8) is 0 Å². The van der Waals surface area contributed by atoms with Crippen LogP contribution in [0.5, 0.6) is 0 Å². The fourth-order valence-electron chi connectivity index (χ4n) is 4.17. The highest BCUT2D eigenvalue weighted by molar-refractivity contribution is 4.79. The molecule has 1 saturated heterocycles. The number of rotatable bonds is 6. The number of piperidine rings is 1. The quantitative estimate of drug-likeness (QED) is 0.759. The first-order valence-electron chi connectivity index (χ1n) is 9.58. The van der Waals surface area contributed by atoms with Crippen LogP contribution in [0, 0.1) is 17.8 Å². The van der Waals surface area contributed by atoms with Crippen LogP contribution >= 0.6 is 0 Å². The van der Waals surface area contributed by atoms with E-state index in [1.54, 1.807) is 0 Å². The first kappa shape index (κ1) is 18.2. The van der Waals surface area contributed by atoms with E-state index in [1.807, 2.05) is 0 Å². The second kappa shape index (κ2) is 9.24. The van der Waals surface area contributed by atoms with Crippen LogP contribution in [0.3, 0.4) is 0 Å². The van der Waals surface area contributed by atoms with Crippen LogP contribution in [0.25, 0.3) is 0 Å². The van der Waals surface area contributed by atoms with Gasteiger partial charge in [-0.2, -0.15) is 0 Å². The number of nitrogens with zero attached hydrogens (tertiary/aromatic N) is 1. The van der Waals surface area contributed by atoms with Gasteiger partial charge in [-0.3, -0.25) is 0 Å².